The predicted octanol–water partition coefficient (Wildman–Crippen LogP) is 3.52. The van der Waals surface area contributed by atoms with Crippen LogP contribution in [0.5, 0.6) is 0 Å². The van der Waals surface area contributed by atoms with E-state index in [1.54, 1.807) is 0 Å². The summed E-state index contributed by atoms with van der Waals surface area (Å²) in [6.07, 6.45) is 7.55. The van der Waals surface area contributed by atoms with Gasteiger partial charge >= 0.3 is 0 Å². The van der Waals surface area contributed by atoms with Crippen LogP contribution in [0.1, 0.15) is 43.5 Å². The normalized spacial score (nSPS) is 21.6. The second kappa shape index (κ2) is 7.20. The van der Waals surface area contributed by atoms with Crippen molar-refractivity contribution in [1.82, 2.24) is 19.2 Å². The van der Waals surface area contributed by atoms with Crippen molar-refractivity contribution in [1.29, 1.82) is 0 Å². The number of hydrogen-bond acceptors (Lipinski definition) is 3. The van der Waals surface area contributed by atoms with Crippen LogP contribution in [-0.2, 0) is 11.3 Å². The molecule has 0 N–H and O–H groups in total. The third kappa shape index (κ3) is 3.47. The van der Waals surface area contributed by atoms with Crippen molar-refractivity contribution in [2.24, 2.45) is 5.92 Å². The van der Waals surface area contributed by atoms with E-state index >= 15 is 0 Å². The van der Waals surface area contributed by atoms with Crippen molar-refractivity contribution in [3.63, 3.8) is 0 Å². The standard InChI is InChI=1S/C20H27ClN4O/c1-14-18(25-12-16(21)7-8-19(25)22-14)13-23(2)10-15-9-20(26)24(11-15)17-5-3-4-6-17/h7-8,12,15,17H,3-6,9-11,13H2,1-2H3. The minimum atomic E-state index is 0.355. The molecule has 3 heterocycles. The Labute approximate surface area is 159 Å². The summed E-state index contributed by atoms with van der Waals surface area (Å²) < 4.78 is 2.08. The number of carbonyl (C=O) groups is 1. The van der Waals surface area contributed by atoms with E-state index in [4.69, 9.17) is 11.6 Å². The van der Waals surface area contributed by atoms with Gasteiger partial charge in [0.2, 0.25) is 5.91 Å². The second-order valence-corrected chi connectivity index (χ2v) is 8.41. The lowest BCUT2D eigenvalue weighted by atomic mass is 10.1. The molecule has 0 spiro atoms. The first kappa shape index (κ1) is 17.8. The number of aromatic nitrogens is 2. The molecule has 1 saturated heterocycles. The molecular formula is C20H27ClN4O. The molecule has 26 heavy (non-hydrogen) atoms. The average Bonchev–Trinajstić information content (AvgIpc) is 3.29. The molecule has 6 heteroatoms. The summed E-state index contributed by atoms with van der Waals surface area (Å²) in [5, 5.41) is 0.715. The molecule has 1 saturated carbocycles. The molecule has 0 bridgehead atoms. The molecule has 0 radical (unpaired) electrons. The minimum Gasteiger partial charge on any atom is -0.339 e. The zero-order chi connectivity index (χ0) is 18.3. The molecule has 1 aliphatic heterocycles. The van der Waals surface area contributed by atoms with Crippen LogP contribution < -0.4 is 0 Å². The lowest BCUT2D eigenvalue weighted by Gasteiger charge is -2.25. The van der Waals surface area contributed by atoms with E-state index in [-0.39, 0.29) is 0 Å². The number of nitrogens with zero attached hydrogens (tertiary/aromatic N) is 4. The number of halogens is 1. The Balaban J connectivity index is 1.41. The van der Waals surface area contributed by atoms with E-state index in [1.807, 2.05) is 25.3 Å². The molecule has 1 aliphatic carbocycles. The lowest BCUT2D eigenvalue weighted by Crippen LogP contribution is -2.35. The van der Waals surface area contributed by atoms with Gasteiger partial charge in [-0.2, -0.15) is 0 Å². The van der Waals surface area contributed by atoms with E-state index in [9.17, 15) is 4.79 Å². The summed E-state index contributed by atoms with van der Waals surface area (Å²) in [5.74, 6) is 0.782. The SMILES string of the molecule is Cc1nc2ccc(Cl)cn2c1CN(C)CC1CC(=O)N(C2CCCC2)C1. The number of likely N-dealkylation sites (tertiary alicyclic amines) is 1. The van der Waals surface area contributed by atoms with Crippen molar-refractivity contribution in [2.45, 2.75) is 51.6 Å². The molecule has 4 rings (SSSR count). The molecule has 2 aliphatic rings. The molecule has 2 aromatic rings. The molecule has 1 atom stereocenters. The number of hydrogen-bond donors (Lipinski definition) is 0. The van der Waals surface area contributed by atoms with Crippen molar-refractivity contribution in [2.75, 3.05) is 20.1 Å². The van der Waals surface area contributed by atoms with Gasteiger partial charge < -0.3 is 14.2 Å². The third-order valence-corrected chi connectivity index (χ3v) is 6.10. The lowest BCUT2D eigenvalue weighted by molar-refractivity contribution is -0.129. The molecule has 140 valence electrons. The number of aryl methyl sites for hydroxylation is 1. The van der Waals surface area contributed by atoms with Gasteiger partial charge in [-0.25, -0.2) is 4.98 Å². The number of carbonyl (C=O) groups excluding carboxylic acids is 1. The minimum absolute atomic E-state index is 0.355. The average molecular weight is 375 g/mol. The zero-order valence-corrected chi connectivity index (χ0v) is 16.4. The summed E-state index contributed by atoms with van der Waals surface area (Å²) in [6, 6.07) is 4.33. The molecule has 2 aromatic heterocycles. The van der Waals surface area contributed by atoms with Gasteiger partial charge in [0.15, 0.2) is 0 Å². The highest BCUT2D eigenvalue weighted by Crippen LogP contribution is 2.30. The van der Waals surface area contributed by atoms with Crippen LogP contribution in [-0.4, -0.2) is 51.3 Å². The van der Waals surface area contributed by atoms with Gasteiger partial charge in [-0.05, 0) is 44.9 Å². The zero-order valence-electron chi connectivity index (χ0n) is 15.6. The molecule has 1 amide bonds. The number of fused-ring (bicyclic) bond motifs is 1. The van der Waals surface area contributed by atoms with Crippen LogP contribution in [0.2, 0.25) is 5.02 Å². The first-order chi connectivity index (χ1) is 12.5. The van der Waals surface area contributed by atoms with E-state index in [1.165, 1.54) is 31.4 Å². The van der Waals surface area contributed by atoms with Crippen LogP contribution in [0.4, 0.5) is 0 Å². The van der Waals surface area contributed by atoms with Crippen LogP contribution in [0.15, 0.2) is 18.3 Å². The smallest absolute Gasteiger partial charge is 0.223 e. The van der Waals surface area contributed by atoms with Crippen molar-refractivity contribution in [3.05, 3.63) is 34.7 Å². The van der Waals surface area contributed by atoms with Gasteiger partial charge in [-0.1, -0.05) is 24.4 Å². The van der Waals surface area contributed by atoms with E-state index in [2.05, 4.69) is 26.2 Å². The van der Waals surface area contributed by atoms with Crippen molar-refractivity contribution >= 4 is 23.2 Å². The first-order valence-corrected chi connectivity index (χ1v) is 10.00. The number of rotatable bonds is 5. The predicted molar refractivity (Wildman–Crippen MR) is 103 cm³/mol. The summed E-state index contributed by atoms with van der Waals surface area (Å²) in [6.45, 7) is 4.71. The summed E-state index contributed by atoms with van der Waals surface area (Å²) in [5.41, 5.74) is 3.13. The fourth-order valence-electron chi connectivity index (χ4n) is 4.64. The largest absolute Gasteiger partial charge is 0.339 e. The summed E-state index contributed by atoms with van der Waals surface area (Å²) in [4.78, 5) is 21.5. The highest BCUT2D eigenvalue weighted by Gasteiger charge is 2.35. The van der Waals surface area contributed by atoms with E-state index in [0.29, 0.717) is 29.3 Å². The molecular weight excluding hydrogens is 348 g/mol. The first-order valence-electron chi connectivity index (χ1n) is 9.62. The maximum atomic E-state index is 12.4. The number of amides is 1. The Hall–Kier alpha value is -1.59. The number of pyridine rings is 1. The van der Waals surface area contributed by atoms with Gasteiger partial charge in [0.05, 0.1) is 16.4 Å². The maximum absolute atomic E-state index is 12.4. The van der Waals surface area contributed by atoms with E-state index < -0.39 is 0 Å². The topological polar surface area (TPSA) is 40.9 Å². The van der Waals surface area contributed by atoms with Crippen molar-refractivity contribution in [3.8, 4) is 0 Å². The summed E-state index contributed by atoms with van der Waals surface area (Å²) in [7, 11) is 2.13. The van der Waals surface area contributed by atoms with Crippen LogP contribution in [0.3, 0.4) is 0 Å². The second-order valence-electron chi connectivity index (χ2n) is 7.97. The highest BCUT2D eigenvalue weighted by molar-refractivity contribution is 6.30. The van der Waals surface area contributed by atoms with Crippen molar-refractivity contribution < 1.29 is 4.79 Å². The Morgan fingerprint density at radius 1 is 1.31 bits per heavy atom. The Morgan fingerprint density at radius 3 is 2.85 bits per heavy atom. The Morgan fingerprint density at radius 2 is 2.08 bits per heavy atom. The van der Waals surface area contributed by atoms with Gasteiger partial charge in [0.1, 0.15) is 5.65 Å². The fraction of sp³-hybridized carbons (Fsp3) is 0.600. The Bertz CT molecular complexity index is 811. The molecule has 5 nitrogen and oxygen atoms in total. The van der Waals surface area contributed by atoms with Gasteiger partial charge in [-0.3, -0.25) is 4.79 Å². The molecule has 1 unspecified atom stereocenters. The van der Waals surface area contributed by atoms with E-state index in [0.717, 1.165) is 31.0 Å². The van der Waals surface area contributed by atoms with Gasteiger partial charge in [0, 0.05) is 38.3 Å². The highest BCUT2D eigenvalue weighted by atomic mass is 35.5. The van der Waals surface area contributed by atoms with Crippen LogP contribution >= 0.6 is 11.6 Å². The fourth-order valence-corrected chi connectivity index (χ4v) is 4.80. The molecule has 0 aromatic carbocycles. The summed E-state index contributed by atoms with van der Waals surface area (Å²) >= 11 is 6.16. The van der Waals surface area contributed by atoms with Gasteiger partial charge in [-0.15, -0.1) is 0 Å². The third-order valence-electron chi connectivity index (χ3n) is 5.88. The Kier molecular flexibility index (Phi) is 4.93. The monoisotopic (exact) mass is 374 g/mol. The quantitative estimate of drug-likeness (QED) is 0.804. The van der Waals surface area contributed by atoms with Crippen LogP contribution in [0.25, 0.3) is 5.65 Å². The van der Waals surface area contributed by atoms with Gasteiger partial charge in [0.25, 0.3) is 0 Å². The molecule has 2 fully saturated rings. The van der Waals surface area contributed by atoms with Crippen LogP contribution in [0, 0.1) is 12.8 Å². The maximum Gasteiger partial charge on any atom is 0.223 e. The number of imidazole rings is 1.